The summed E-state index contributed by atoms with van der Waals surface area (Å²) in [5.74, 6) is 1.66. The van der Waals surface area contributed by atoms with Gasteiger partial charge in [-0.1, -0.05) is 6.92 Å². The van der Waals surface area contributed by atoms with Gasteiger partial charge in [0.25, 0.3) is 0 Å². The molecule has 6 nitrogen and oxygen atoms in total. The second kappa shape index (κ2) is 8.24. The Kier molecular flexibility index (Phi) is 6.31. The van der Waals surface area contributed by atoms with Crippen LogP contribution < -0.4 is 24.8 Å². The maximum Gasteiger partial charge on any atom is 0.224 e. The van der Waals surface area contributed by atoms with Gasteiger partial charge in [-0.05, 0) is 49.0 Å². The summed E-state index contributed by atoms with van der Waals surface area (Å²) in [6.45, 7) is 4.96. The number of carbonyl (C=O) groups excluding carboxylic acids is 1. The molecule has 24 heavy (non-hydrogen) atoms. The van der Waals surface area contributed by atoms with E-state index in [-0.39, 0.29) is 17.7 Å². The highest BCUT2D eigenvalue weighted by molar-refractivity contribution is 5.79. The molecule has 1 heterocycles. The molecule has 134 valence electrons. The van der Waals surface area contributed by atoms with Crippen LogP contribution in [0.4, 0.5) is 0 Å². The third kappa shape index (κ3) is 4.54. The van der Waals surface area contributed by atoms with E-state index in [1.54, 1.807) is 21.3 Å². The predicted molar refractivity (Wildman–Crippen MR) is 93.0 cm³/mol. The molecule has 1 aromatic carbocycles. The number of hydrogen-bond donors (Lipinski definition) is 2. The fourth-order valence-electron chi connectivity index (χ4n) is 3.00. The molecule has 1 amide bonds. The van der Waals surface area contributed by atoms with Gasteiger partial charge >= 0.3 is 0 Å². The Hall–Kier alpha value is -1.95. The standard InChI is InChI=1S/C18H28N2O4/c1-18(5-7-19-8-6-18)12-20-16(21)11-13-9-14(22-2)17(24-4)15(10-13)23-3/h9-10,19H,5-8,11-12H2,1-4H3,(H,20,21). The van der Waals surface area contributed by atoms with Crippen molar-refractivity contribution >= 4 is 5.91 Å². The number of rotatable bonds is 7. The van der Waals surface area contributed by atoms with Crippen molar-refractivity contribution in [2.75, 3.05) is 41.0 Å². The van der Waals surface area contributed by atoms with E-state index < -0.39 is 0 Å². The van der Waals surface area contributed by atoms with Crippen LogP contribution in [0.1, 0.15) is 25.3 Å². The van der Waals surface area contributed by atoms with E-state index in [1.165, 1.54) is 0 Å². The first kappa shape index (κ1) is 18.4. The Labute approximate surface area is 143 Å². The summed E-state index contributed by atoms with van der Waals surface area (Å²) in [6, 6.07) is 3.63. The number of amides is 1. The van der Waals surface area contributed by atoms with Crippen LogP contribution in [0.5, 0.6) is 17.2 Å². The molecule has 0 spiro atoms. The van der Waals surface area contributed by atoms with Crippen LogP contribution in [0, 0.1) is 5.41 Å². The Bertz CT molecular complexity index is 543. The van der Waals surface area contributed by atoms with E-state index >= 15 is 0 Å². The lowest BCUT2D eigenvalue weighted by Gasteiger charge is -2.34. The molecule has 1 aliphatic rings. The van der Waals surface area contributed by atoms with Crippen molar-refractivity contribution in [1.29, 1.82) is 0 Å². The molecule has 0 unspecified atom stereocenters. The summed E-state index contributed by atoms with van der Waals surface area (Å²) in [4.78, 5) is 12.3. The van der Waals surface area contributed by atoms with Crippen molar-refractivity contribution in [2.24, 2.45) is 5.41 Å². The fraction of sp³-hybridized carbons (Fsp3) is 0.611. The number of hydrogen-bond acceptors (Lipinski definition) is 5. The number of benzene rings is 1. The summed E-state index contributed by atoms with van der Waals surface area (Å²) in [5.41, 5.74) is 1.01. The molecule has 0 radical (unpaired) electrons. The summed E-state index contributed by atoms with van der Waals surface area (Å²) < 4.78 is 16.0. The number of piperidine rings is 1. The predicted octanol–water partition coefficient (Wildman–Crippen LogP) is 1.76. The number of ether oxygens (including phenoxy) is 3. The van der Waals surface area contributed by atoms with Crippen LogP contribution in [0.2, 0.25) is 0 Å². The lowest BCUT2D eigenvalue weighted by Crippen LogP contribution is -2.43. The second-order valence-electron chi connectivity index (χ2n) is 6.55. The lowest BCUT2D eigenvalue weighted by molar-refractivity contribution is -0.121. The molecule has 0 saturated carbocycles. The maximum atomic E-state index is 12.3. The summed E-state index contributed by atoms with van der Waals surface area (Å²) in [5, 5.41) is 6.42. The maximum absolute atomic E-state index is 12.3. The Morgan fingerprint density at radius 2 is 1.71 bits per heavy atom. The molecule has 0 aromatic heterocycles. The van der Waals surface area contributed by atoms with E-state index in [2.05, 4.69) is 17.6 Å². The highest BCUT2D eigenvalue weighted by Crippen LogP contribution is 2.38. The van der Waals surface area contributed by atoms with Gasteiger partial charge in [0, 0.05) is 6.54 Å². The quantitative estimate of drug-likeness (QED) is 0.794. The number of nitrogens with one attached hydrogen (secondary N) is 2. The van der Waals surface area contributed by atoms with Gasteiger partial charge in [-0.25, -0.2) is 0 Å². The summed E-state index contributed by atoms with van der Waals surface area (Å²) >= 11 is 0. The van der Waals surface area contributed by atoms with Crippen molar-refractivity contribution in [3.05, 3.63) is 17.7 Å². The summed E-state index contributed by atoms with van der Waals surface area (Å²) in [7, 11) is 4.70. The molecule has 1 aromatic rings. The van der Waals surface area contributed by atoms with Gasteiger partial charge in [0.2, 0.25) is 11.7 Å². The minimum Gasteiger partial charge on any atom is -0.493 e. The van der Waals surface area contributed by atoms with E-state index in [0.717, 1.165) is 31.5 Å². The van der Waals surface area contributed by atoms with E-state index in [9.17, 15) is 4.79 Å². The average Bonchev–Trinajstić information content (AvgIpc) is 2.59. The normalized spacial score (nSPS) is 16.3. The van der Waals surface area contributed by atoms with Gasteiger partial charge in [-0.3, -0.25) is 4.79 Å². The number of carbonyl (C=O) groups is 1. The topological polar surface area (TPSA) is 68.8 Å². The van der Waals surface area contributed by atoms with Gasteiger partial charge in [0.15, 0.2) is 11.5 Å². The Morgan fingerprint density at radius 3 is 2.21 bits per heavy atom. The van der Waals surface area contributed by atoms with Crippen LogP contribution in [0.25, 0.3) is 0 Å². The zero-order chi connectivity index (χ0) is 17.6. The first-order chi connectivity index (χ1) is 11.5. The van der Waals surface area contributed by atoms with Crippen LogP contribution >= 0.6 is 0 Å². The lowest BCUT2D eigenvalue weighted by atomic mass is 9.81. The zero-order valence-electron chi connectivity index (χ0n) is 15.0. The molecule has 0 atom stereocenters. The van der Waals surface area contributed by atoms with Crippen molar-refractivity contribution < 1.29 is 19.0 Å². The molecule has 6 heteroatoms. The van der Waals surface area contributed by atoms with Gasteiger partial charge in [-0.2, -0.15) is 0 Å². The van der Waals surface area contributed by atoms with Crippen LogP contribution in [-0.2, 0) is 11.2 Å². The smallest absolute Gasteiger partial charge is 0.224 e. The van der Waals surface area contributed by atoms with Crippen LogP contribution in [0.3, 0.4) is 0 Å². The minimum absolute atomic E-state index is 0.00373. The first-order valence-electron chi connectivity index (χ1n) is 8.27. The molecule has 1 aliphatic heterocycles. The third-order valence-electron chi connectivity index (χ3n) is 4.61. The molecule has 2 N–H and O–H groups in total. The largest absolute Gasteiger partial charge is 0.493 e. The number of methoxy groups -OCH3 is 3. The monoisotopic (exact) mass is 336 g/mol. The second-order valence-corrected chi connectivity index (χ2v) is 6.55. The van der Waals surface area contributed by atoms with Crippen molar-refractivity contribution in [3.8, 4) is 17.2 Å². The van der Waals surface area contributed by atoms with Crippen LogP contribution in [0.15, 0.2) is 12.1 Å². The van der Waals surface area contributed by atoms with Crippen molar-refractivity contribution in [1.82, 2.24) is 10.6 Å². The zero-order valence-corrected chi connectivity index (χ0v) is 15.0. The van der Waals surface area contributed by atoms with Crippen molar-refractivity contribution in [2.45, 2.75) is 26.2 Å². The first-order valence-corrected chi connectivity index (χ1v) is 8.27. The molecule has 2 rings (SSSR count). The molecule has 1 saturated heterocycles. The van der Waals surface area contributed by atoms with Gasteiger partial charge in [-0.15, -0.1) is 0 Å². The highest BCUT2D eigenvalue weighted by atomic mass is 16.5. The van der Waals surface area contributed by atoms with Gasteiger partial charge in [0.1, 0.15) is 0 Å². The third-order valence-corrected chi connectivity index (χ3v) is 4.61. The molecule has 0 bridgehead atoms. The van der Waals surface area contributed by atoms with E-state index in [0.29, 0.717) is 23.8 Å². The average molecular weight is 336 g/mol. The summed E-state index contributed by atoms with van der Waals surface area (Å²) in [6.07, 6.45) is 2.44. The highest BCUT2D eigenvalue weighted by Gasteiger charge is 2.27. The van der Waals surface area contributed by atoms with Gasteiger partial charge in [0.05, 0.1) is 27.8 Å². The Morgan fingerprint density at radius 1 is 1.12 bits per heavy atom. The minimum atomic E-state index is 0.00373. The van der Waals surface area contributed by atoms with E-state index in [4.69, 9.17) is 14.2 Å². The van der Waals surface area contributed by atoms with E-state index in [1.807, 2.05) is 12.1 Å². The molecular weight excluding hydrogens is 308 g/mol. The fourth-order valence-corrected chi connectivity index (χ4v) is 3.00. The molecular formula is C18H28N2O4. The Balaban J connectivity index is 2.00. The van der Waals surface area contributed by atoms with Gasteiger partial charge < -0.3 is 24.8 Å². The molecule has 1 fully saturated rings. The molecule has 0 aliphatic carbocycles. The SMILES string of the molecule is COc1cc(CC(=O)NCC2(C)CCNCC2)cc(OC)c1OC. The van der Waals surface area contributed by atoms with Crippen molar-refractivity contribution in [3.63, 3.8) is 0 Å². The van der Waals surface area contributed by atoms with Crippen LogP contribution in [-0.4, -0.2) is 46.9 Å².